The Morgan fingerprint density at radius 2 is 1.98 bits per heavy atom. The lowest BCUT2D eigenvalue weighted by Crippen LogP contribution is -2.54. The summed E-state index contributed by atoms with van der Waals surface area (Å²) in [6.45, 7) is 2.51. The summed E-state index contributed by atoms with van der Waals surface area (Å²) in [4.78, 5) is 31.3. The normalized spacial score (nSPS) is 18.8. The van der Waals surface area contributed by atoms with Crippen LogP contribution in [0.1, 0.15) is 44.6 Å². The summed E-state index contributed by atoms with van der Waals surface area (Å²) >= 11 is 6.30. The lowest BCUT2D eigenvalue weighted by Gasteiger charge is -2.38. The minimum Gasteiger partial charge on any atom is -0.341 e. The Morgan fingerprint density at radius 1 is 1.25 bits per heavy atom. The van der Waals surface area contributed by atoms with Crippen LogP contribution in [0.25, 0.3) is 0 Å². The van der Waals surface area contributed by atoms with Gasteiger partial charge in [-0.1, -0.05) is 18.5 Å². The molecule has 1 aliphatic carbocycles. The first-order chi connectivity index (χ1) is 18.8. The number of urea groups is 1. The molecule has 0 spiro atoms. The van der Waals surface area contributed by atoms with Gasteiger partial charge >= 0.3 is 12.2 Å². The number of hydrogen-bond acceptors (Lipinski definition) is 5. The van der Waals surface area contributed by atoms with Crippen molar-refractivity contribution in [1.29, 1.82) is 0 Å². The number of halogens is 4. The summed E-state index contributed by atoms with van der Waals surface area (Å²) in [5, 5.41) is 4.96. The Bertz CT molecular complexity index is 1350. The fourth-order valence-corrected chi connectivity index (χ4v) is 6.65. The molecule has 1 aromatic carbocycles. The Balaban J connectivity index is 1.65. The van der Waals surface area contributed by atoms with Gasteiger partial charge in [0.2, 0.25) is 5.91 Å². The highest BCUT2D eigenvalue weighted by Gasteiger charge is 2.41. The summed E-state index contributed by atoms with van der Waals surface area (Å²) in [7, 11) is -3.07. The molecule has 2 heterocycles. The number of anilines is 1. The standard InChI is InChI=1S/C25H32ClF3N6O4S/c1-3-20(23(36)34-10-4-5-16(13-34)12-30-24(37)32-18-7-8-18)35(40(38,39)22-14-33(2)15-31-22)21-11-17(25(27,28)29)6-9-19(21)26/h6,9,11,14-16,18,20H,3-5,7-8,10,12-13H2,1-2H3,(H2,30,32,37)/t16-,20+/m0/s1. The second-order valence-electron chi connectivity index (χ2n) is 10.2. The molecule has 4 rings (SSSR count). The first kappa shape index (κ1) is 30.0. The van der Waals surface area contributed by atoms with Gasteiger partial charge in [0.25, 0.3) is 10.0 Å². The lowest BCUT2D eigenvalue weighted by molar-refractivity contribution is -0.137. The predicted octanol–water partition coefficient (Wildman–Crippen LogP) is 3.77. The van der Waals surface area contributed by atoms with Gasteiger partial charge < -0.3 is 20.1 Å². The van der Waals surface area contributed by atoms with E-state index in [2.05, 4.69) is 15.6 Å². The molecule has 2 fully saturated rings. The zero-order chi connectivity index (χ0) is 29.2. The minimum atomic E-state index is -4.77. The number of rotatable bonds is 9. The number of aryl methyl sites for hydroxylation is 1. The largest absolute Gasteiger partial charge is 0.416 e. The molecule has 2 N–H and O–H groups in total. The SMILES string of the molecule is CC[C@H](C(=O)N1CCC[C@@H](CNC(=O)NC2CC2)C1)N(c1cc(C(F)(F)F)ccc1Cl)S(=O)(=O)c1cn(C)cn1. The smallest absolute Gasteiger partial charge is 0.341 e. The van der Waals surface area contributed by atoms with Gasteiger partial charge in [0.1, 0.15) is 6.04 Å². The molecular formula is C25H32ClF3N6O4S. The number of sulfonamides is 1. The number of nitrogens with one attached hydrogen (secondary N) is 2. The maximum atomic E-state index is 13.9. The number of piperidine rings is 1. The second-order valence-corrected chi connectivity index (χ2v) is 12.4. The van der Waals surface area contributed by atoms with E-state index in [0.29, 0.717) is 29.9 Å². The molecule has 1 aromatic heterocycles. The van der Waals surface area contributed by atoms with Crippen molar-refractivity contribution in [2.24, 2.45) is 13.0 Å². The number of amides is 3. The average Bonchev–Trinajstić information content (AvgIpc) is 3.60. The van der Waals surface area contributed by atoms with Crippen LogP contribution < -0.4 is 14.9 Å². The van der Waals surface area contributed by atoms with Gasteiger partial charge in [0.05, 0.1) is 22.6 Å². The molecule has 40 heavy (non-hydrogen) atoms. The zero-order valence-electron chi connectivity index (χ0n) is 22.1. The van der Waals surface area contributed by atoms with Gasteiger partial charge in [-0.25, -0.2) is 9.78 Å². The molecule has 1 saturated carbocycles. The van der Waals surface area contributed by atoms with Crippen molar-refractivity contribution in [2.75, 3.05) is 23.9 Å². The molecule has 220 valence electrons. The van der Waals surface area contributed by atoms with Gasteiger partial charge in [-0.2, -0.15) is 21.6 Å². The van der Waals surface area contributed by atoms with Gasteiger partial charge in [-0.15, -0.1) is 0 Å². The maximum absolute atomic E-state index is 13.9. The third-order valence-corrected chi connectivity index (χ3v) is 8.99. The van der Waals surface area contributed by atoms with Gasteiger partial charge in [0.15, 0.2) is 5.03 Å². The van der Waals surface area contributed by atoms with E-state index in [0.717, 1.165) is 31.4 Å². The molecule has 3 amide bonds. The van der Waals surface area contributed by atoms with Crippen LogP contribution in [0, 0.1) is 5.92 Å². The Hall–Kier alpha value is -3.00. The van der Waals surface area contributed by atoms with Crippen molar-refractivity contribution in [3.8, 4) is 0 Å². The molecule has 1 saturated heterocycles. The number of carbonyl (C=O) groups is 2. The summed E-state index contributed by atoms with van der Waals surface area (Å²) in [6.07, 6.45) is 0.900. The number of aromatic nitrogens is 2. The van der Waals surface area contributed by atoms with Crippen LogP contribution in [-0.4, -0.2) is 66.5 Å². The molecule has 1 aliphatic heterocycles. The van der Waals surface area contributed by atoms with Gasteiger partial charge in [-0.3, -0.25) is 9.10 Å². The topological polar surface area (TPSA) is 117 Å². The Kier molecular flexibility index (Phi) is 8.88. The minimum absolute atomic E-state index is 0.0410. The number of nitrogens with zero attached hydrogens (tertiary/aromatic N) is 4. The molecule has 0 radical (unpaired) electrons. The van der Waals surface area contributed by atoms with Crippen molar-refractivity contribution in [1.82, 2.24) is 25.1 Å². The first-order valence-electron chi connectivity index (χ1n) is 13.0. The summed E-state index contributed by atoms with van der Waals surface area (Å²) < 4.78 is 70.7. The van der Waals surface area contributed by atoms with E-state index in [-0.39, 0.29) is 36.0 Å². The van der Waals surface area contributed by atoms with E-state index in [1.165, 1.54) is 22.0 Å². The molecule has 2 atom stereocenters. The average molecular weight is 605 g/mol. The molecule has 2 aliphatic rings. The summed E-state index contributed by atoms with van der Waals surface area (Å²) in [6, 6.07) is 0.890. The van der Waals surface area contributed by atoms with E-state index < -0.39 is 44.4 Å². The van der Waals surface area contributed by atoms with Crippen molar-refractivity contribution in [3.05, 3.63) is 41.3 Å². The van der Waals surface area contributed by atoms with Crippen molar-refractivity contribution in [2.45, 2.75) is 62.3 Å². The van der Waals surface area contributed by atoms with Crippen LogP contribution in [0.3, 0.4) is 0 Å². The van der Waals surface area contributed by atoms with Crippen LogP contribution in [0.2, 0.25) is 5.02 Å². The highest BCUT2D eigenvalue weighted by atomic mass is 35.5. The number of imidazole rings is 1. The van der Waals surface area contributed by atoms with Crippen LogP contribution in [-0.2, 0) is 28.0 Å². The predicted molar refractivity (Wildman–Crippen MR) is 142 cm³/mol. The van der Waals surface area contributed by atoms with Crippen molar-refractivity contribution >= 4 is 39.2 Å². The van der Waals surface area contributed by atoms with E-state index in [1.54, 1.807) is 14.0 Å². The zero-order valence-corrected chi connectivity index (χ0v) is 23.7. The second kappa shape index (κ2) is 11.9. The highest BCUT2D eigenvalue weighted by Crippen LogP contribution is 2.39. The maximum Gasteiger partial charge on any atom is 0.416 e. The number of hydrogen-bond donors (Lipinski definition) is 2. The van der Waals surface area contributed by atoms with Gasteiger partial charge in [0, 0.05) is 38.9 Å². The molecule has 0 unspecified atom stereocenters. The number of likely N-dealkylation sites (tertiary alicyclic amines) is 1. The highest BCUT2D eigenvalue weighted by molar-refractivity contribution is 7.92. The Morgan fingerprint density at radius 3 is 2.58 bits per heavy atom. The van der Waals surface area contributed by atoms with Gasteiger partial charge in [-0.05, 0) is 56.2 Å². The first-order valence-corrected chi connectivity index (χ1v) is 14.8. The van der Waals surface area contributed by atoms with Crippen LogP contribution in [0.4, 0.5) is 23.7 Å². The fourth-order valence-electron chi connectivity index (χ4n) is 4.73. The van der Waals surface area contributed by atoms with Crippen LogP contribution in [0.15, 0.2) is 35.7 Å². The molecule has 10 nitrogen and oxygen atoms in total. The quantitative estimate of drug-likeness (QED) is 0.452. The molecule has 15 heteroatoms. The fraction of sp³-hybridized carbons (Fsp3) is 0.560. The van der Waals surface area contributed by atoms with Crippen LogP contribution >= 0.6 is 11.6 Å². The lowest BCUT2D eigenvalue weighted by atomic mass is 9.97. The van der Waals surface area contributed by atoms with E-state index >= 15 is 0 Å². The van der Waals surface area contributed by atoms with E-state index in [9.17, 15) is 31.2 Å². The number of carbonyl (C=O) groups excluding carboxylic acids is 2. The third kappa shape index (κ3) is 6.82. The number of benzene rings is 1. The molecular weight excluding hydrogens is 573 g/mol. The monoisotopic (exact) mass is 604 g/mol. The van der Waals surface area contributed by atoms with Crippen molar-refractivity contribution < 1.29 is 31.2 Å². The van der Waals surface area contributed by atoms with E-state index in [4.69, 9.17) is 11.6 Å². The van der Waals surface area contributed by atoms with E-state index in [1.807, 2.05) is 0 Å². The van der Waals surface area contributed by atoms with Crippen molar-refractivity contribution in [3.63, 3.8) is 0 Å². The summed E-state index contributed by atoms with van der Waals surface area (Å²) in [5.74, 6) is -0.638. The molecule has 0 bridgehead atoms. The Labute approximate surface area is 235 Å². The number of alkyl halides is 3. The molecule has 2 aromatic rings. The van der Waals surface area contributed by atoms with Crippen LogP contribution in [0.5, 0.6) is 0 Å². The third-order valence-electron chi connectivity index (χ3n) is 6.96. The summed E-state index contributed by atoms with van der Waals surface area (Å²) in [5.41, 5.74) is -1.57.